The molecule has 1 atom stereocenters. The second-order valence-electron chi connectivity index (χ2n) is 10.8. The molecule has 2 N–H and O–H groups in total. The van der Waals surface area contributed by atoms with Crippen LogP contribution in [0.1, 0.15) is 19.4 Å². The highest BCUT2D eigenvalue weighted by Gasteiger charge is 2.30. The number of ether oxygens (including phenoxy) is 1. The van der Waals surface area contributed by atoms with Crippen molar-refractivity contribution in [1.82, 2.24) is 29.3 Å². The van der Waals surface area contributed by atoms with E-state index in [1.165, 1.54) is 17.8 Å². The van der Waals surface area contributed by atoms with Crippen LogP contribution in [0.15, 0.2) is 54.7 Å². The molecule has 0 unspecified atom stereocenters. The molecule has 0 saturated carbocycles. The van der Waals surface area contributed by atoms with E-state index < -0.39 is 0 Å². The van der Waals surface area contributed by atoms with E-state index in [0.29, 0.717) is 41.9 Å². The van der Waals surface area contributed by atoms with Crippen LogP contribution in [0.3, 0.4) is 0 Å². The molecular weight excluding hydrogens is 537 g/mol. The predicted molar refractivity (Wildman–Crippen MR) is 161 cm³/mol. The first-order valence-corrected chi connectivity index (χ1v) is 14.4. The van der Waals surface area contributed by atoms with Crippen LogP contribution in [-0.4, -0.2) is 94.8 Å². The number of benzene rings is 2. The van der Waals surface area contributed by atoms with Crippen molar-refractivity contribution in [3.05, 3.63) is 60.5 Å². The number of fused-ring (bicyclic) bond motifs is 1. The average molecular weight is 574 g/mol. The zero-order valence-electron chi connectivity index (χ0n) is 24.0. The Labute approximate surface area is 244 Å². The Balaban J connectivity index is 1.25. The highest BCUT2D eigenvalue weighted by Crippen LogP contribution is 2.32. The lowest BCUT2D eigenvalue weighted by molar-refractivity contribution is -0.144. The predicted octanol–water partition coefficient (Wildman–Crippen LogP) is 4.01. The third-order valence-corrected chi connectivity index (χ3v) is 7.80. The molecule has 2 aliphatic heterocycles. The first-order chi connectivity index (χ1) is 20.4. The molecule has 2 saturated heterocycles. The molecule has 2 aromatic carbocycles. The number of likely N-dealkylation sites (tertiary alicyclic amines) is 1. The molecule has 220 valence electrons. The van der Waals surface area contributed by atoms with E-state index in [1.54, 1.807) is 18.3 Å². The van der Waals surface area contributed by atoms with Crippen LogP contribution in [0.5, 0.6) is 0 Å². The van der Waals surface area contributed by atoms with Gasteiger partial charge < -0.3 is 25.2 Å². The summed E-state index contributed by atoms with van der Waals surface area (Å²) in [7, 11) is 2.15. The van der Waals surface area contributed by atoms with Crippen molar-refractivity contribution in [2.24, 2.45) is 0 Å². The Bertz CT molecular complexity index is 1520. The zero-order valence-corrected chi connectivity index (χ0v) is 24.0. The minimum Gasteiger partial charge on any atom is -0.465 e. The van der Waals surface area contributed by atoms with Crippen LogP contribution in [0.2, 0.25) is 0 Å². The smallest absolute Gasteiger partial charge is 0.320 e. The number of esters is 1. The molecule has 0 radical (unpaired) electrons. The maximum absolute atomic E-state index is 13.6. The average Bonchev–Trinajstić information content (AvgIpc) is 3.58. The second kappa shape index (κ2) is 12.3. The minimum atomic E-state index is -0.308. The Morgan fingerprint density at radius 2 is 1.69 bits per heavy atom. The SMILES string of the molecule is CCOC(=O)CN1CC[C@H](n2c(Nc3ccc(F)cc3)nc3cnc(Nc4ccc(N5CCN(C)CC5)cc4)nc32)C1. The molecule has 4 aromatic rings. The van der Waals surface area contributed by atoms with Crippen molar-refractivity contribution in [3.63, 3.8) is 0 Å². The highest BCUT2D eigenvalue weighted by atomic mass is 19.1. The van der Waals surface area contributed by atoms with Crippen molar-refractivity contribution in [2.75, 3.05) is 75.0 Å². The Kier molecular flexibility index (Phi) is 8.15. The van der Waals surface area contributed by atoms with Gasteiger partial charge in [-0.1, -0.05) is 0 Å². The van der Waals surface area contributed by atoms with E-state index in [0.717, 1.165) is 44.8 Å². The van der Waals surface area contributed by atoms with Crippen LogP contribution in [0.4, 0.5) is 33.3 Å². The van der Waals surface area contributed by atoms with E-state index in [-0.39, 0.29) is 24.4 Å². The first kappa shape index (κ1) is 27.9. The molecule has 2 aromatic heterocycles. The van der Waals surface area contributed by atoms with Crippen LogP contribution in [-0.2, 0) is 9.53 Å². The number of anilines is 5. The molecule has 0 aliphatic carbocycles. The number of aromatic nitrogens is 4. The lowest BCUT2D eigenvalue weighted by Gasteiger charge is -2.34. The molecule has 6 rings (SSSR count). The molecule has 0 spiro atoms. The fourth-order valence-corrected chi connectivity index (χ4v) is 5.55. The molecule has 0 bridgehead atoms. The number of nitrogens with zero attached hydrogens (tertiary/aromatic N) is 7. The van der Waals surface area contributed by atoms with Gasteiger partial charge in [-0.2, -0.15) is 4.98 Å². The van der Waals surface area contributed by atoms with E-state index >= 15 is 0 Å². The summed E-state index contributed by atoms with van der Waals surface area (Å²) in [6.07, 6.45) is 2.52. The van der Waals surface area contributed by atoms with Crippen LogP contribution in [0.25, 0.3) is 11.2 Å². The number of imidazole rings is 1. The van der Waals surface area contributed by atoms with Gasteiger partial charge in [-0.15, -0.1) is 0 Å². The van der Waals surface area contributed by atoms with Crippen molar-refractivity contribution in [2.45, 2.75) is 19.4 Å². The van der Waals surface area contributed by atoms with E-state index in [4.69, 9.17) is 14.7 Å². The van der Waals surface area contributed by atoms with Gasteiger partial charge in [-0.25, -0.2) is 14.4 Å². The number of piperazine rings is 1. The van der Waals surface area contributed by atoms with Crippen LogP contribution in [0, 0.1) is 5.82 Å². The van der Waals surface area contributed by atoms with Crippen molar-refractivity contribution in [1.29, 1.82) is 0 Å². The standard InChI is InChI=1S/C30H36FN9O2/c1-3-42-27(41)20-38-13-12-25(19-38)40-28-26(35-30(40)34-23-6-4-21(31)5-7-23)18-32-29(36-28)33-22-8-10-24(11-9-22)39-16-14-37(2)15-17-39/h4-11,18,25H,3,12-17,19-20H2,1-2H3,(H,34,35)(H,32,33,36)/t25-/m0/s1. The van der Waals surface area contributed by atoms with Gasteiger partial charge in [0.05, 0.1) is 25.4 Å². The molecular formula is C30H36FN9O2. The summed E-state index contributed by atoms with van der Waals surface area (Å²) < 4.78 is 20.8. The minimum absolute atomic E-state index is 0.0120. The van der Waals surface area contributed by atoms with E-state index in [9.17, 15) is 9.18 Å². The van der Waals surface area contributed by atoms with Gasteiger partial charge in [0.15, 0.2) is 5.65 Å². The number of hydrogen-bond donors (Lipinski definition) is 2. The molecule has 4 heterocycles. The van der Waals surface area contributed by atoms with Crippen molar-refractivity contribution in [3.8, 4) is 0 Å². The van der Waals surface area contributed by atoms with Gasteiger partial charge in [0.2, 0.25) is 11.9 Å². The Morgan fingerprint density at radius 3 is 2.43 bits per heavy atom. The number of carbonyl (C=O) groups is 1. The summed E-state index contributed by atoms with van der Waals surface area (Å²) in [6, 6.07) is 14.5. The van der Waals surface area contributed by atoms with Crippen molar-refractivity contribution < 1.29 is 13.9 Å². The summed E-state index contributed by atoms with van der Waals surface area (Å²) >= 11 is 0. The molecule has 2 fully saturated rings. The summed E-state index contributed by atoms with van der Waals surface area (Å²) in [4.78, 5) is 33.2. The summed E-state index contributed by atoms with van der Waals surface area (Å²) in [6.45, 7) is 7.94. The van der Waals surface area contributed by atoms with Gasteiger partial charge in [0.25, 0.3) is 0 Å². The number of halogens is 1. The van der Waals surface area contributed by atoms with Gasteiger partial charge in [-0.05, 0) is 68.9 Å². The molecule has 2 aliphatic rings. The van der Waals surface area contributed by atoms with Crippen molar-refractivity contribution >= 4 is 46.1 Å². The molecule has 42 heavy (non-hydrogen) atoms. The molecule has 11 nitrogen and oxygen atoms in total. The van der Waals surface area contributed by atoms with Gasteiger partial charge in [-0.3, -0.25) is 14.3 Å². The van der Waals surface area contributed by atoms with Gasteiger partial charge >= 0.3 is 5.97 Å². The lowest BCUT2D eigenvalue weighted by atomic mass is 10.2. The maximum atomic E-state index is 13.6. The third-order valence-electron chi connectivity index (χ3n) is 7.80. The fraction of sp³-hybridized carbons (Fsp3) is 0.400. The lowest BCUT2D eigenvalue weighted by Crippen LogP contribution is -2.44. The topological polar surface area (TPSA) is 104 Å². The van der Waals surface area contributed by atoms with Crippen LogP contribution >= 0.6 is 0 Å². The highest BCUT2D eigenvalue weighted by molar-refractivity contribution is 5.77. The van der Waals surface area contributed by atoms with Gasteiger partial charge in [0, 0.05) is 56.3 Å². The van der Waals surface area contributed by atoms with Gasteiger partial charge in [0.1, 0.15) is 11.3 Å². The molecule has 0 amide bonds. The summed E-state index contributed by atoms with van der Waals surface area (Å²) in [5, 5.41) is 6.67. The quantitative estimate of drug-likeness (QED) is 0.286. The maximum Gasteiger partial charge on any atom is 0.320 e. The number of rotatable bonds is 9. The molecule has 12 heteroatoms. The summed E-state index contributed by atoms with van der Waals surface area (Å²) in [5.41, 5.74) is 4.12. The first-order valence-electron chi connectivity index (χ1n) is 14.4. The largest absolute Gasteiger partial charge is 0.465 e. The normalized spacial score (nSPS) is 18.0. The number of nitrogens with one attached hydrogen (secondary N) is 2. The number of carbonyl (C=O) groups excluding carboxylic acids is 1. The Hall–Kier alpha value is -4.29. The fourth-order valence-electron chi connectivity index (χ4n) is 5.55. The van der Waals surface area contributed by atoms with E-state index in [1.807, 2.05) is 19.1 Å². The summed E-state index contributed by atoms with van der Waals surface area (Å²) in [5.74, 6) is 0.511. The number of likely N-dealkylation sites (N-methyl/N-ethyl adjacent to an activating group) is 1. The number of hydrogen-bond acceptors (Lipinski definition) is 10. The second-order valence-corrected chi connectivity index (χ2v) is 10.8. The van der Waals surface area contributed by atoms with Crippen LogP contribution < -0.4 is 15.5 Å². The zero-order chi connectivity index (χ0) is 29.1. The third kappa shape index (κ3) is 6.29. The Morgan fingerprint density at radius 1 is 0.976 bits per heavy atom. The van der Waals surface area contributed by atoms with E-state index in [2.05, 4.69) is 54.1 Å². The monoisotopic (exact) mass is 573 g/mol.